The minimum Gasteiger partial charge on any atom is -0.382 e. The molecule has 0 aromatic heterocycles. The number of nitrogens with zero attached hydrogens (tertiary/aromatic N) is 2. The molecule has 192 valence electrons. The zero-order valence-electron chi connectivity index (χ0n) is 20.0. The third-order valence-electron chi connectivity index (χ3n) is 7.04. The summed E-state index contributed by atoms with van der Waals surface area (Å²) in [4.78, 5) is 14.6. The standard InChI is InChI=1S/C23H33F2N7O2S/c1-4-5-8-28-22(33)18(21(27)31(3)34)30-12(2)17(26)20-19(35-20)13-6-7-16(29-9-13)32-10-14-15(11-32)23(14,24)25/h6-7,9,12,14-17,19-20,29-30,34H,8,10-11,26-27H2,1-3H3,(H,28,33)/b21-18+/t12-,14?,15?,16?,17?,19+,20?/m0/s1. The summed E-state index contributed by atoms with van der Waals surface area (Å²) in [6.45, 7) is 4.51. The molecule has 2 saturated heterocycles. The van der Waals surface area contributed by atoms with Crippen LogP contribution in [0.3, 0.4) is 0 Å². The number of amides is 1. The Morgan fingerprint density at radius 2 is 2.14 bits per heavy atom. The lowest BCUT2D eigenvalue weighted by atomic mass is 10.00. The molecule has 0 aromatic rings. The van der Waals surface area contributed by atoms with Crippen molar-refractivity contribution in [1.29, 1.82) is 0 Å². The van der Waals surface area contributed by atoms with Gasteiger partial charge in [0, 0.05) is 60.8 Å². The first-order chi connectivity index (χ1) is 16.6. The Morgan fingerprint density at radius 3 is 2.71 bits per heavy atom. The van der Waals surface area contributed by atoms with Crippen molar-refractivity contribution in [3.8, 4) is 11.8 Å². The minimum atomic E-state index is -2.48. The molecule has 4 aliphatic rings. The number of alkyl halides is 2. The van der Waals surface area contributed by atoms with Crippen molar-refractivity contribution < 1.29 is 18.8 Å². The quantitative estimate of drug-likeness (QED) is 0.109. The van der Waals surface area contributed by atoms with E-state index in [9.17, 15) is 18.8 Å². The molecule has 4 rings (SSSR count). The number of carbonyl (C=O) groups excluding carboxylic acids is 1. The average molecular weight is 510 g/mol. The summed E-state index contributed by atoms with van der Waals surface area (Å²) in [6.07, 6.45) is 5.93. The normalized spacial score (nSPS) is 32.5. The van der Waals surface area contributed by atoms with E-state index in [4.69, 9.17) is 11.5 Å². The van der Waals surface area contributed by atoms with Gasteiger partial charge in [-0.15, -0.1) is 17.7 Å². The summed E-state index contributed by atoms with van der Waals surface area (Å²) < 4.78 is 26.9. The van der Waals surface area contributed by atoms with E-state index in [0.717, 1.165) is 5.57 Å². The molecule has 8 N–H and O–H groups in total. The van der Waals surface area contributed by atoms with Crippen molar-refractivity contribution in [2.24, 2.45) is 23.3 Å². The number of likely N-dealkylation sites (tertiary alicyclic amines) is 1. The first-order valence-electron chi connectivity index (χ1n) is 11.6. The zero-order valence-corrected chi connectivity index (χ0v) is 20.8. The molecule has 3 aliphatic heterocycles. The number of piperidine rings is 1. The van der Waals surface area contributed by atoms with Crippen LogP contribution in [0.25, 0.3) is 0 Å². The second kappa shape index (κ2) is 9.89. The minimum absolute atomic E-state index is 0.0218. The number of hydrogen-bond donors (Lipinski definition) is 6. The number of nitrogens with one attached hydrogen (secondary N) is 3. The second-order valence-electron chi connectivity index (χ2n) is 9.38. The summed E-state index contributed by atoms with van der Waals surface area (Å²) in [5, 5.41) is 19.8. The highest BCUT2D eigenvalue weighted by molar-refractivity contribution is 8.08. The van der Waals surface area contributed by atoms with Gasteiger partial charge in [-0.05, 0) is 25.5 Å². The van der Waals surface area contributed by atoms with Crippen LogP contribution in [0.1, 0.15) is 13.8 Å². The molecule has 3 fully saturated rings. The van der Waals surface area contributed by atoms with Crippen LogP contribution in [0.4, 0.5) is 8.78 Å². The van der Waals surface area contributed by atoms with E-state index < -0.39 is 23.7 Å². The molecular weight excluding hydrogens is 476 g/mol. The fourth-order valence-corrected chi connectivity index (χ4v) is 5.98. The Labute approximate surface area is 208 Å². The van der Waals surface area contributed by atoms with E-state index in [1.165, 1.54) is 7.05 Å². The second-order valence-corrected chi connectivity index (χ2v) is 10.7. The molecule has 3 heterocycles. The van der Waals surface area contributed by atoms with Crippen LogP contribution >= 0.6 is 11.8 Å². The monoisotopic (exact) mass is 509 g/mol. The fraction of sp³-hybridized carbons (Fsp3) is 0.609. The van der Waals surface area contributed by atoms with Gasteiger partial charge in [0.2, 0.25) is 0 Å². The summed E-state index contributed by atoms with van der Waals surface area (Å²) >= 11 is 1.72. The van der Waals surface area contributed by atoms with Crippen LogP contribution in [0.2, 0.25) is 0 Å². The lowest BCUT2D eigenvalue weighted by molar-refractivity contribution is -0.118. The van der Waals surface area contributed by atoms with Gasteiger partial charge in [-0.2, -0.15) is 0 Å². The number of fused-ring (bicyclic) bond motifs is 1. The Balaban J connectivity index is 1.30. The number of hydroxylamine groups is 2. The van der Waals surface area contributed by atoms with Crippen molar-refractivity contribution in [3.05, 3.63) is 35.4 Å². The van der Waals surface area contributed by atoms with Crippen molar-refractivity contribution in [2.45, 2.75) is 48.5 Å². The smallest absolute Gasteiger partial charge is 0.271 e. The molecule has 0 spiro atoms. The van der Waals surface area contributed by atoms with E-state index in [2.05, 4.69) is 32.7 Å². The first-order valence-corrected chi connectivity index (χ1v) is 12.5. The third-order valence-corrected chi connectivity index (χ3v) is 8.49. The van der Waals surface area contributed by atoms with Gasteiger partial charge in [-0.3, -0.25) is 14.9 Å². The van der Waals surface area contributed by atoms with Gasteiger partial charge in [0.05, 0.1) is 12.7 Å². The Kier molecular flexibility index (Phi) is 7.24. The maximum absolute atomic E-state index is 13.5. The largest absolute Gasteiger partial charge is 0.382 e. The number of rotatable bonds is 9. The van der Waals surface area contributed by atoms with Crippen molar-refractivity contribution in [2.75, 3.05) is 26.7 Å². The molecule has 1 amide bonds. The van der Waals surface area contributed by atoms with Crippen LogP contribution in [-0.2, 0) is 4.79 Å². The van der Waals surface area contributed by atoms with Crippen LogP contribution in [-0.4, -0.2) is 82.4 Å². The predicted molar refractivity (Wildman–Crippen MR) is 131 cm³/mol. The van der Waals surface area contributed by atoms with Gasteiger partial charge in [0.15, 0.2) is 5.82 Å². The lowest BCUT2D eigenvalue weighted by Gasteiger charge is -2.30. The number of dihydropyridines is 1. The molecule has 1 aliphatic carbocycles. The number of hydrogen-bond acceptors (Lipinski definition) is 9. The van der Waals surface area contributed by atoms with E-state index in [1.807, 2.05) is 25.3 Å². The SMILES string of the molecule is CC#CCNC(=O)/C(N[C@@H](C)C(N)C1S[C@@H]1C1=CNC(N2CC3C(C2)C3(F)F)C=C1)=C(/N)N(C)O. The number of carbonyl (C=O) groups is 1. The van der Waals surface area contributed by atoms with Crippen molar-refractivity contribution in [3.63, 3.8) is 0 Å². The maximum Gasteiger partial charge on any atom is 0.271 e. The fourth-order valence-electron chi connectivity index (χ4n) is 4.67. The van der Waals surface area contributed by atoms with Crippen molar-refractivity contribution in [1.82, 2.24) is 25.9 Å². The summed E-state index contributed by atoms with van der Waals surface area (Å²) in [6, 6.07) is -0.624. The van der Waals surface area contributed by atoms with Gasteiger partial charge in [-0.25, -0.2) is 13.8 Å². The highest BCUT2D eigenvalue weighted by Gasteiger charge is 2.71. The summed E-state index contributed by atoms with van der Waals surface area (Å²) in [5.41, 5.74) is 13.5. The van der Waals surface area contributed by atoms with Gasteiger partial charge in [0.25, 0.3) is 11.8 Å². The number of allylic oxidation sites excluding steroid dienone is 1. The Bertz CT molecular complexity index is 992. The molecule has 7 atom stereocenters. The number of thioether (sulfide) groups is 1. The zero-order chi connectivity index (χ0) is 25.5. The molecule has 35 heavy (non-hydrogen) atoms. The van der Waals surface area contributed by atoms with Gasteiger partial charge >= 0.3 is 0 Å². The molecule has 5 unspecified atom stereocenters. The summed E-state index contributed by atoms with van der Waals surface area (Å²) in [5.74, 6) is 1.34. The molecule has 0 bridgehead atoms. The highest BCUT2D eigenvalue weighted by atomic mass is 32.2. The van der Waals surface area contributed by atoms with Crippen LogP contribution in [0.15, 0.2) is 35.4 Å². The first kappa shape index (κ1) is 25.6. The molecule has 12 heteroatoms. The van der Waals surface area contributed by atoms with Gasteiger partial charge in [-0.1, -0.05) is 12.0 Å². The number of nitrogens with two attached hydrogens (primary N) is 2. The lowest BCUT2D eigenvalue weighted by Crippen LogP contribution is -2.50. The predicted octanol–water partition coefficient (Wildman–Crippen LogP) is -0.0696. The van der Waals surface area contributed by atoms with Crippen LogP contribution in [0.5, 0.6) is 0 Å². The molecular formula is C23H33F2N7O2S. The Morgan fingerprint density at radius 1 is 1.46 bits per heavy atom. The molecule has 9 nitrogen and oxygen atoms in total. The highest BCUT2D eigenvalue weighted by Crippen LogP contribution is 2.59. The van der Waals surface area contributed by atoms with Crippen molar-refractivity contribution >= 4 is 17.7 Å². The molecule has 0 radical (unpaired) electrons. The molecule has 1 saturated carbocycles. The van der Waals surface area contributed by atoms with Gasteiger partial charge < -0.3 is 27.4 Å². The van der Waals surface area contributed by atoms with Crippen LogP contribution in [0, 0.1) is 23.7 Å². The van der Waals surface area contributed by atoms with E-state index in [-0.39, 0.29) is 46.8 Å². The van der Waals surface area contributed by atoms with Crippen LogP contribution < -0.4 is 27.4 Å². The Hall–Kier alpha value is -2.46. The van der Waals surface area contributed by atoms with E-state index >= 15 is 0 Å². The van der Waals surface area contributed by atoms with E-state index in [0.29, 0.717) is 18.2 Å². The number of halogens is 2. The average Bonchev–Trinajstić information content (AvgIpc) is 3.65. The van der Waals surface area contributed by atoms with Gasteiger partial charge in [0.1, 0.15) is 5.70 Å². The van der Waals surface area contributed by atoms with E-state index in [1.54, 1.807) is 18.7 Å². The molecule has 0 aromatic carbocycles. The third kappa shape index (κ3) is 5.23. The topological polar surface area (TPSA) is 132 Å². The maximum atomic E-state index is 13.5. The summed E-state index contributed by atoms with van der Waals surface area (Å²) in [7, 11) is 1.33.